The molecule has 0 fully saturated rings. The lowest BCUT2D eigenvalue weighted by atomic mass is 10.1. The Labute approximate surface area is 119 Å². The molecule has 1 aromatic carbocycles. The average molecular weight is 280 g/mol. The highest BCUT2D eigenvalue weighted by Gasteiger charge is 2.22. The molecule has 5 heteroatoms. The summed E-state index contributed by atoms with van der Waals surface area (Å²) in [6, 6.07) is 6.96. The molecule has 0 aliphatic heterocycles. The number of nitrogens with zero attached hydrogens (tertiary/aromatic N) is 3. The molecule has 0 saturated carbocycles. The van der Waals surface area contributed by atoms with Gasteiger partial charge in [-0.25, -0.2) is 0 Å². The van der Waals surface area contributed by atoms with E-state index in [-0.39, 0.29) is 11.9 Å². The Balaban J connectivity index is 3.07. The van der Waals surface area contributed by atoms with Crippen LogP contribution in [0.2, 0.25) is 5.02 Å². The normalized spacial score (nSPS) is 11.6. The van der Waals surface area contributed by atoms with E-state index >= 15 is 0 Å². The molecule has 0 spiro atoms. The number of halogens is 1. The van der Waals surface area contributed by atoms with Gasteiger partial charge in [0.05, 0.1) is 10.6 Å². The summed E-state index contributed by atoms with van der Waals surface area (Å²) in [6.45, 7) is 4.52. The van der Waals surface area contributed by atoms with Crippen LogP contribution >= 0.6 is 11.6 Å². The molecule has 0 aliphatic carbocycles. The zero-order valence-corrected chi connectivity index (χ0v) is 12.4. The number of rotatable bonds is 4. The van der Waals surface area contributed by atoms with Crippen molar-refractivity contribution in [1.29, 1.82) is 5.26 Å². The number of amides is 1. The van der Waals surface area contributed by atoms with Crippen molar-refractivity contribution in [2.24, 2.45) is 0 Å². The van der Waals surface area contributed by atoms with Crippen molar-refractivity contribution in [1.82, 2.24) is 4.90 Å². The summed E-state index contributed by atoms with van der Waals surface area (Å²) in [5.74, 6) is 0.0299. The second kappa shape index (κ2) is 6.44. The maximum absolute atomic E-state index is 12.0. The van der Waals surface area contributed by atoms with Crippen LogP contribution in [-0.4, -0.2) is 37.5 Å². The predicted molar refractivity (Wildman–Crippen MR) is 77.3 cm³/mol. The molecule has 1 atom stereocenters. The lowest BCUT2D eigenvalue weighted by molar-refractivity contribution is -0.129. The highest BCUT2D eigenvalue weighted by molar-refractivity contribution is 6.32. The van der Waals surface area contributed by atoms with E-state index in [0.717, 1.165) is 5.69 Å². The van der Waals surface area contributed by atoms with Gasteiger partial charge in [0, 0.05) is 26.3 Å². The van der Waals surface area contributed by atoms with Crippen molar-refractivity contribution in [2.45, 2.75) is 19.9 Å². The van der Waals surface area contributed by atoms with Crippen LogP contribution in [0, 0.1) is 11.3 Å². The number of hydrogen-bond donors (Lipinski definition) is 0. The average Bonchev–Trinajstić information content (AvgIpc) is 2.38. The Morgan fingerprint density at radius 1 is 1.47 bits per heavy atom. The highest BCUT2D eigenvalue weighted by Crippen LogP contribution is 2.24. The molecule has 0 unspecified atom stereocenters. The van der Waals surface area contributed by atoms with Crippen molar-refractivity contribution >= 4 is 23.2 Å². The molecule has 0 aromatic heterocycles. The Morgan fingerprint density at radius 2 is 2.11 bits per heavy atom. The standard InChI is InChI=1S/C14H18ClN3O/c1-5-18(10(2)14(19)17(3)4)12-7-6-11(9-16)13(15)8-12/h6-8,10H,5H2,1-4H3/t10-/m0/s1. The summed E-state index contributed by atoms with van der Waals surface area (Å²) in [5.41, 5.74) is 1.28. The van der Waals surface area contributed by atoms with Gasteiger partial charge in [-0.2, -0.15) is 5.26 Å². The SMILES string of the molecule is CCN(c1ccc(C#N)c(Cl)c1)[C@@H](C)C(=O)N(C)C. The summed E-state index contributed by atoms with van der Waals surface area (Å²) < 4.78 is 0. The maximum Gasteiger partial charge on any atom is 0.244 e. The van der Waals surface area contributed by atoms with Crippen LogP contribution in [-0.2, 0) is 4.79 Å². The maximum atomic E-state index is 12.0. The molecular formula is C14H18ClN3O. The van der Waals surface area contributed by atoms with Crippen molar-refractivity contribution in [3.63, 3.8) is 0 Å². The van der Waals surface area contributed by atoms with E-state index in [4.69, 9.17) is 16.9 Å². The van der Waals surface area contributed by atoms with Crippen molar-refractivity contribution in [3.05, 3.63) is 28.8 Å². The summed E-state index contributed by atoms with van der Waals surface area (Å²) in [4.78, 5) is 15.5. The monoisotopic (exact) mass is 279 g/mol. The Morgan fingerprint density at radius 3 is 2.53 bits per heavy atom. The van der Waals surface area contributed by atoms with Crippen LogP contribution in [0.4, 0.5) is 5.69 Å². The minimum absolute atomic E-state index is 0.0299. The molecule has 0 heterocycles. The largest absolute Gasteiger partial charge is 0.360 e. The molecule has 1 amide bonds. The van der Waals surface area contributed by atoms with Crippen molar-refractivity contribution < 1.29 is 4.79 Å². The van der Waals surface area contributed by atoms with Crippen LogP contribution in [0.3, 0.4) is 0 Å². The van der Waals surface area contributed by atoms with E-state index in [9.17, 15) is 4.79 Å². The lowest BCUT2D eigenvalue weighted by Gasteiger charge is -2.31. The fourth-order valence-corrected chi connectivity index (χ4v) is 2.18. The lowest BCUT2D eigenvalue weighted by Crippen LogP contribution is -2.44. The molecular weight excluding hydrogens is 262 g/mol. The van der Waals surface area contributed by atoms with Gasteiger partial charge in [-0.15, -0.1) is 0 Å². The number of anilines is 1. The van der Waals surface area contributed by atoms with E-state index in [1.165, 1.54) is 0 Å². The summed E-state index contributed by atoms with van der Waals surface area (Å²) in [5, 5.41) is 9.27. The second-order valence-corrected chi connectivity index (χ2v) is 4.88. The molecule has 0 N–H and O–H groups in total. The van der Waals surface area contributed by atoms with Crippen molar-refractivity contribution in [2.75, 3.05) is 25.5 Å². The Kier molecular flexibility index (Phi) is 5.20. The van der Waals surface area contributed by atoms with Crippen LogP contribution in [0.1, 0.15) is 19.4 Å². The first-order valence-corrected chi connectivity index (χ1v) is 6.47. The van der Waals surface area contributed by atoms with E-state index < -0.39 is 0 Å². The van der Waals surface area contributed by atoms with Crippen molar-refractivity contribution in [3.8, 4) is 6.07 Å². The number of hydrogen-bond acceptors (Lipinski definition) is 3. The van der Waals surface area contributed by atoms with Gasteiger partial charge in [0.25, 0.3) is 0 Å². The minimum Gasteiger partial charge on any atom is -0.360 e. The predicted octanol–water partition coefficient (Wildman–Crippen LogP) is 2.51. The fourth-order valence-electron chi connectivity index (χ4n) is 1.96. The zero-order chi connectivity index (χ0) is 14.6. The molecule has 19 heavy (non-hydrogen) atoms. The van der Waals surface area contributed by atoms with Gasteiger partial charge in [-0.3, -0.25) is 4.79 Å². The van der Waals surface area contributed by atoms with Crippen LogP contribution in [0.15, 0.2) is 18.2 Å². The molecule has 1 rings (SSSR count). The topological polar surface area (TPSA) is 47.3 Å². The smallest absolute Gasteiger partial charge is 0.244 e. The Bertz CT molecular complexity index is 508. The fraction of sp³-hybridized carbons (Fsp3) is 0.429. The second-order valence-electron chi connectivity index (χ2n) is 4.47. The minimum atomic E-state index is -0.274. The number of benzene rings is 1. The number of carbonyl (C=O) groups excluding carboxylic acids is 1. The molecule has 0 aliphatic rings. The molecule has 4 nitrogen and oxygen atoms in total. The first-order valence-electron chi connectivity index (χ1n) is 6.09. The van der Waals surface area contributed by atoms with Gasteiger partial charge in [0.2, 0.25) is 5.91 Å². The quantitative estimate of drug-likeness (QED) is 0.851. The summed E-state index contributed by atoms with van der Waals surface area (Å²) >= 11 is 6.03. The van der Waals surface area contributed by atoms with E-state index in [0.29, 0.717) is 17.1 Å². The van der Waals surface area contributed by atoms with Crippen LogP contribution < -0.4 is 4.90 Å². The third-order valence-corrected chi connectivity index (χ3v) is 3.32. The van der Waals surface area contributed by atoms with Crippen LogP contribution in [0.25, 0.3) is 0 Å². The van der Waals surface area contributed by atoms with E-state index in [2.05, 4.69) is 0 Å². The molecule has 0 saturated heterocycles. The third kappa shape index (κ3) is 3.39. The van der Waals surface area contributed by atoms with Crippen LogP contribution in [0.5, 0.6) is 0 Å². The van der Waals surface area contributed by atoms with Gasteiger partial charge < -0.3 is 9.80 Å². The number of carbonyl (C=O) groups is 1. The number of likely N-dealkylation sites (N-methyl/N-ethyl adjacent to an activating group) is 2. The zero-order valence-electron chi connectivity index (χ0n) is 11.6. The molecule has 1 aromatic rings. The first kappa shape index (κ1) is 15.3. The van der Waals surface area contributed by atoms with Gasteiger partial charge in [-0.1, -0.05) is 11.6 Å². The first-order chi connectivity index (χ1) is 8.92. The molecule has 0 bridgehead atoms. The molecule has 102 valence electrons. The van der Waals surface area contributed by atoms with Gasteiger partial charge >= 0.3 is 0 Å². The third-order valence-electron chi connectivity index (χ3n) is 3.01. The van der Waals surface area contributed by atoms with Gasteiger partial charge in [0.15, 0.2) is 0 Å². The highest BCUT2D eigenvalue weighted by atomic mass is 35.5. The number of nitriles is 1. The van der Waals surface area contributed by atoms with E-state index in [1.807, 2.05) is 30.9 Å². The summed E-state index contributed by atoms with van der Waals surface area (Å²) in [7, 11) is 3.47. The Hall–Kier alpha value is -1.73. The summed E-state index contributed by atoms with van der Waals surface area (Å²) in [6.07, 6.45) is 0. The van der Waals surface area contributed by atoms with Gasteiger partial charge in [-0.05, 0) is 32.0 Å². The van der Waals surface area contributed by atoms with E-state index in [1.54, 1.807) is 31.1 Å². The molecule has 0 radical (unpaired) electrons. The van der Waals surface area contributed by atoms with Gasteiger partial charge in [0.1, 0.15) is 12.1 Å².